The number of oxime groups is 1. The number of hydrogen-bond acceptors (Lipinski definition) is 3. The van der Waals surface area contributed by atoms with Crippen molar-refractivity contribution in [1.82, 2.24) is 4.90 Å². The summed E-state index contributed by atoms with van der Waals surface area (Å²) < 4.78 is 0. The fraction of sp³-hybridized carbons (Fsp3) is 0.929. The van der Waals surface area contributed by atoms with Crippen molar-refractivity contribution >= 4 is 5.84 Å². The van der Waals surface area contributed by atoms with Crippen molar-refractivity contribution in [1.29, 1.82) is 0 Å². The molecule has 106 valence electrons. The van der Waals surface area contributed by atoms with Crippen molar-refractivity contribution in [3.8, 4) is 0 Å². The van der Waals surface area contributed by atoms with Crippen LogP contribution in [0.4, 0.5) is 0 Å². The summed E-state index contributed by atoms with van der Waals surface area (Å²) in [6, 6.07) is 0. The molecule has 18 heavy (non-hydrogen) atoms. The molecule has 4 heteroatoms. The van der Waals surface area contributed by atoms with Gasteiger partial charge in [-0.15, -0.1) is 0 Å². The highest BCUT2D eigenvalue weighted by atomic mass is 16.4. The molecule has 0 spiro atoms. The molecule has 0 saturated carbocycles. The second kappa shape index (κ2) is 6.98. The van der Waals surface area contributed by atoms with Crippen LogP contribution in [-0.2, 0) is 0 Å². The van der Waals surface area contributed by atoms with Crippen LogP contribution in [0.25, 0.3) is 0 Å². The van der Waals surface area contributed by atoms with Gasteiger partial charge in [0.05, 0.1) is 0 Å². The standard InChI is InChI=1S/C14H29N3O/c1-14(2,3)12-6-4-9-17(11-8-12)10-5-7-13(15)16-18/h12,18H,4-11H2,1-3H3,(H2,15,16). The highest BCUT2D eigenvalue weighted by Crippen LogP contribution is 2.34. The third-order valence-corrected chi connectivity index (χ3v) is 4.08. The molecule has 0 radical (unpaired) electrons. The van der Waals surface area contributed by atoms with Crippen LogP contribution in [0.15, 0.2) is 5.16 Å². The average molecular weight is 255 g/mol. The fourth-order valence-electron chi connectivity index (χ4n) is 2.78. The third kappa shape index (κ3) is 5.25. The maximum atomic E-state index is 8.49. The largest absolute Gasteiger partial charge is 0.409 e. The van der Waals surface area contributed by atoms with Crippen molar-refractivity contribution in [3.63, 3.8) is 0 Å². The summed E-state index contributed by atoms with van der Waals surface area (Å²) in [7, 11) is 0. The molecule has 1 fully saturated rings. The maximum absolute atomic E-state index is 8.49. The number of nitrogens with zero attached hydrogens (tertiary/aromatic N) is 2. The maximum Gasteiger partial charge on any atom is 0.139 e. The van der Waals surface area contributed by atoms with E-state index in [-0.39, 0.29) is 0 Å². The van der Waals surface area contributed by atoms with Gasteiger partial charge >= 0.3 is 0 Å². The van der Waals surface area contributed by atoms with Gasteiger partial charge in [0.2, 0.25) is 0 Å². The zero-order chi connectivity index (χ0) is 13.6. The lowest BCUT2D eigenvalue weighted by Crippen LogP contribution is -2.28. The first-order valence-electron chi connectivity index (χ1n) is 7.12. The van der Waals surface area contributed by atoms with Crippen LogP contribution < -0.4 is 5.73 Å². The minimum absolute atomic E-state index is 0.345. The quantitative estimate of drug-likeness (QED) is 0.351. The van der Waals surface area contributed by atoms with Crippen LogP contribution in [0.3, 0.4) is 0 Å². The van der Waals surface area contributed by atoms with Crippen LogP contribution in [-0.4, -0.2) is 35.6 Å². The normalized spacial score (nSPS) is 23.9. The van der Waals surface area contributed by atoms with Gasteiger partial charge in [0, 0.05) is 6.42 Å². The predicted octanol–water partition coefficient (Wildman–Crippen LogP) is 2.66. The van der Waals surface area contributed by atoms with E-state index in [9.17, 15) is 0 Å². The van der Waals surface area contributed by atoms with Crippen molar-refractivity contribution in [2.24, 2.45) is 22.2 Å². The SMILES string of the molecule is CC(C)(C)C1CCCN(CCCC(N)=NO)CC1. The van der Waals surface area contributed by atoms with Crippen molar-refractivity contribution in [2.45, 2.75) is 52.9 Å². The Balaban J connectivity index is 2.30. The van der Waals surface area contributed by atoms with E-state index >= 15 is 0 Å². The average Bonchev–Trinajstić information content (AvgIpc) is 2.53. The topological polar surface area (TPSA) is 61.8 Å². The number of amidine groups is 1. The number of rotatable bonds is 4. The van der Waals surface area contributed by atoms with E-state index in [0.29, 0.717) is 17.7 Å². The first-order chi connectivity index (χ1) is 8.43. The van der Waals surface area contributed by atoms with Gasteiger partial charge in [0.1, 0.15) is 5.84 Å². The molecular weight excluding hydrogens is 226 g/mol. The van der Waals surface area contributed by atoms with Crippen LogP contribution in [0.5, 0.6) is 0 Å². The van der Waals surface area contributed by atoms with Crippen molar-refractivity contribution in [2.75, 3.05) is 19.6 Å². The first kappa shape index (κ1) is 15.3. The third-order valence-electron chi connectivity index (χ3n) is 4.08. The molecule has 1 unspecified atom stereocenters. The first-order valence-corrected chi connectivity index (χ1v) is 7.12. The van der Waals surface area contributed by atoms with Gasteiger partial charge in [-0.25, -0.2) is 0 Å². The van der Waals surface area contributed by atoms with E-state index in [1.165, 1.54) is 32.4 Å². The van der Waals surface area contributed by atoms with E-state index in [2.05, 4.69) is 30.8 Å². The highest BCUT2D eigenvalue weighted by molar-refractivity contribution is 5.79. The van der Waals surface area contributed by atoms with E-state index in [0.717, 1.165) is 18.9 Å². The summed E-state index contributed by atoms with van der Waals surface area (Å²) >= 11 is 0. The zero-order valence-electron chi connectivity index (χ0n) is 12.2. The molecule has 1 atom stereocenters. The van der Waals surface area contributed by atoms with Gasteiger partial charge in [0.15, 0.2) is 0 Å². The molecule has 0 aromatic heterocycles. The van der Waals surface area contributed by atoms with Crippen LogP contribution in [0.1, 0.15) is 52.9 Å². The van der Waals surface area contributed by atoms with Crippen LogP contribution >= 0.6 is 0 Å². The van der Waals surface area contributed by atoms with Crippen LogP contribution in [0.2, 0.25) is 0 Å². The smallest absolute Gasteiger partial charge is 0.139 e. The molecule has 0 amide bonds. The molecule has 4 nitrogen and oxygen atoms in total. The summed E-state index contributed by atoms with van der Waals surface area (Å²) in [4.78, 5) is 2.52. The lowest BCUT2D eigenvalue weighted by molar-refractivity contribution is 0.208. The Labute approximate surface area is 111 Å². The summed E-state index contributed by atoms with van der Waals surface area (Å²) in [6.07, 6.45) is 5.62. The lowest BCUT2D eigenvalue weighted by Gasteiger charge is -2.29. The molecule has 0 bridgehead atoms. The molecule has 3 N–H and O–H groups in total. The molecule has 1 heterocycles. The van der Waals surface area contributed by atoms with Gasteiger partial charge in [-0.3, -0.25) is 0 Å². The Kier molecular flexibility index (Phi) is 5.93. The van der Waals surface area contributed by atoms with E-state index in [1.54, 1.807) is 0 Å². The second-order valence-electron chi connectivity index (χ2n) is 6.53. The minimum Gasteiger partial charge on any atom is -0.409 e. The second-order valence-corrected chi connectivity index (χ2v) is 6.53. The lowest BCUT2D eigenvalue weighted by atomic mass is 9.77. The predicted molar refractivity (Wildman–Crippen MR) is 75.9 cm³/mol. The number of nitrogens with two attached hydrogens (primary N) is 1. The van der Waals surface area contributed by atoms with E-state index < -0.39 is 0 Å². The molecule has 0 aliphatic carbocycles. The highest BCUT2D eigenvalue weighted by Gasteiger charge is 2.26. The van der Waals surface area contributed by atoms with Gasteiger partial charge < -0.3 is 15.8 Å². The van der Waals surface area contributed by atoms with Crippen LogP contribution in [0, 0.1) is 11.3 Å². The molecule has 1 aliphatic rings. The van der Waals surface area contributed by atoms with Gasteiger partial charge in [-0.1, -0.05) is 25.9 Å². The van der Waals surface area contributed by atoms with Crippen molar-refractivity contribution < 1.29 is 5.21 Å². The monoisotopic (exact) mass is 255 g/mol. The Morgan fingerprint density at radius 3 is 2.67 bits per heavy atom. The summed E-state index contributed by atoms with van der Waals surface area (Å²) in [5.41, 5.74) is 5.91. The molecule has 1 rings (SSSR count). The zero-order valence-corrected chi connectivity index (χ0v) is 12.2. The fourth-order valence-corrected chi connectivity index (χ4v) is 2.78. The van der Waals surface area contributed by atoms with Gasteiger partial charge in [0.25, 0.3) is 0 Å². The molecule has 1 aliphatic heterocycles. The molecule has 0 aromatic rings. The Morgan fingerprint density at radius 1 is 1.33 bits per heavy atom. The summed E-state index contributed by atoms with van der Waals surface area (Å²) in [5.74, 6) is 1.18. The number of hydrogen-bond donors (Lipinski definition) is 2. The Bertz CT molecular complexity index is 271. The van der Waals surface area contributed by atoms with Crippen molar-refractivity contribution in [3.05, 3.63) is 0 Å². The Hall–Kier alpha value is -0.770. The summed E-state index contributed by atoms with van der Waals surface area (Å²) in [6.45, 7) is 10.5. The molecule has 1 saturated heterocycles. The minimum atomic E-state index is 0.345. The van der Waals surface area contributed by atoms with E-state index in [1.807, 2.05) is 0 Å². The number of likely N-dealkylation sites (tertiary alicyclic amines) is 1. The van der Waals surface area contributed by atoms with Gasteiger partial charge in [-0.2, -0.15) is 0 Å². The van der Waals surface area contributed by atoms with E-state index in [4.69, 9.17) is 10.9 Å². The molecular formula is C14H29N3O. The van der Waals surface area contributed by atoms with Gasteiger partial charge in [-0.05, 0) is 56.7 Å². The summed E-state index contributed by atoms with van der Waals surface area (Å²) in [5, 5.41) is 11.5. The molecule has 0 aromatic carbocycles. The Morgan fingerprint density at radius 2 is 2.06 bits per heavy atom.